The van der Waals surface area contributed by atoms with Gasteiger partial charge in [0.15, 0.2) is 17.3 Å². The van der Waals surface area contributed by atoms with Gasteiger partial charge in [-0.3, -0.25) is 14.3 Å². The molecule has 144 valence electrons. The summed E-state index contributed by atoms with van der Waals surface area (Å²) in [7, 11) is 3.13. The molecule has 1 amide bonds. The van der Waals surface area contributed by atoms with Gasteiger partial charge >= 0.3 is 0 Å². The van der Waals surface area contributed by atoms with Gasteiger partial charge in [0.1, 0.15) is 5.69 Å². The predicted octanol–water partition coefficient (Wildman–Crippen LogP) is 2.87. The summed E-state index contributed by atoms with van der Waals surface area (Å²) >= 11 is 0. The van der Waals surface area contributed by atoms with Crippen LogP contribution in [0, 0.1) is 11.7 Å². The number of hydrogen-bond acceptors (Lipinski definition) is 4. The van der Waals surface area contributed by atoms with E-state index in [4.69, 9.17) is 4.74 Å². The number of Topliss-reactive ketones (excluding diaryl/α,β-unsaturated/α-hetero) is 1. The van der Waals surface area contributed by atoms with Crippen LogP contribution >= 0.6 is 0 Å². The van der Waals surface area contributed by atoms with Crippen molar-refractivity contribution in [3.8, 4) is 5.75 Å². The number of ether oxygens (including phenoxy) is 1. The minimum atomic E-state index is -0.561. The normalized spacial score (nSPS) is 17.0. The van der Waals surface area contributed by atoms with E-state index in [1.807, 2.05) is 6.92 Å². The van der Waals surface area contributed by atoms with Crippen molar-refractivity contribution in [2.75, 3.05) is 20.2 Å². The Kier molecular flexibility index (Phi) is 5.58. The van der Waals surface area contributed by atoms with Crippen LogP contribution in [0.1, 0.15) is 46.3 Å². The second-order valence-corrected chi connectivity index (χ2v) is 6.80. The monoisotopic (exact) mass is 373 g/mol. The fourth-order valence-corrected chi connectivity index (χ4v) is 3.49. The van der Waals surface area contributed by atoms with Crippen LogP contribution in [0.2, 0.25) is 0 Å². The second-order valence-electron chi connectivity index (χ2n) is 6.80. The number of likely N-dealkylation sites (tertiary alicyclic amines) is 1. The molecule has 7 heteroatoms. The van der Waals surface area contributed by atoms with Gasteiger partial charge in [0.25, 0.3) is 5.91 Å². The number of aryl methyl sites for hydroxylation is 2. The van der Waals surface area contributed by atoms with Crippen molar-refractivity contribution in [1.82, 2.24) is 14.7 Å². The number of rotatable bonds is 5. The molecule has 0 N–H and O–H groups in total. The van der Waals surface area contributed by atoms with Gasteiger partial charge in [-0.2, -0.15) is 5.10 Å². The number of hydrogen-bond donors (Lipinski definition) is 0. The van der Waals surface area contributed by atoms with Crippen molar-refractivity contribution in [2.45, 2.75) is 26.2 Å². The van der Waals surface area contributed by atoms with Crippen molar-refractivity contribution in [3.63, 3.8) is 0 Å². The van der Waals surface area contributed by atoms with Crippen LogP contribution < -0.4 is 4.74 Å². The molecule has 0 unspecified atom stereocenters. The number of aromatic nitrogens is 2. The van der Waals surface area contributed by atoms with Gasteiger partial charge in [0, 0.05) is 31.6 Å². The van der Waals surface area contributed by atoms with Crippen molar-refractivity contribution >= 4 is 11.7 Å². The van der Waals surface area contributed by atoms with Gasteiger partial charge in [-0.05, 0) is 43.5 Å². The third-order valence-electron chi connectivity index (χ3n) is 5.03. The van der Waals surface area contributed by atoms with Crippen molar-refractivity contribution in [2.24, 2.45) is 13.0 Å². The van der Waals surface area contributed by atoms with Crippen LogP contribution in [0.3, 0.4) is 0 Å². The SMILES string of the molecule is CCc1cc(C(=O)N2CCC[C@H](C(=O)c3ccc(OC)c(F)c3)C2)n(C)n1. The van der Waals surface area contributed by atoms with E-state index < -0.39 is 5.82 Å². The summed E-state index contributed by atoms with van der Waals surface area (Å²) in [6.45, 7) is 2.92. The Balaban J connectivity index is 1.75. The molecule has 2 heterocycles. The molecule has 1 aliphatic heterocycles. The first-order chi connectivity index (χ1) is 12.9. The summed E-state index contributed by atoms with van der Waals surface area (Å²) in [5.41, 5.74) is 1.69. The number of carbonyl (C=O) groups excluding carboxylic acids is 2. The standard InChI is InChI=1S/C20H24FN3O3/c1-4-15-11-17(23(2)22-15)20(26)24-9-5-6-14(12-24)19(25)13-7-8-18(27-3)16(21)10-13/h7-8,10-11,14H,4-6,9,12H2,1-3H3/t14-/m0/s1. The average Bonchev–Trinajstić information content (AvgIpc) is 3.07. The highest BCUT2D eigenvalue weighted by Crippen LogP contribution is 2.25. The van der Waals surface area contributed by atoms with E-state index in [0.29, 0.717) is 30.8 Å². The number of ketones is 1. The Labute approximate surface area is 157 Å². The molecular weight excluding hydrogens is 349 g/mol. The van der Waals surface area contributed by atoms with E-state index in [1.165, 1.54) is 19.2 Å². The summed E-state index contributed by atoms with van der Waals surface area (Å²) < 4.78 is 20.4. The molecule has 1 aromatic carbocycles. The van der Waals surface area contributed by atoms with E-state index in [1.54, 1.807) is 28.8 Å². The number of piperidine rings is 1. The minimum Gasteiger partial charge on any atom is -0.494 e. The Hall–Kier alpha value is -2.70. The van der Waals surface area contributed by atoms with Gasteiger partial charge in [-0.1, -0.05) is 6.92 Å². The molecule has 1 saturated heterocycles. The topological polar surface area (TPSA) is 64.4 Å². The molecule has 0 spiro atoms. The van der Waals surface area contributed by atoms with E-state index >= 15 is 0 Å². The zero-order valence-electron chi connectivity index (χ0n) is 15.9. The van der Waals surface area contributed by atoms with Crippen molar-refractivity contribution in [3.05, 3.63) is 47.0 Å². The largest absolute Gasteiger partial charge is 0.494 e. The van der Waals surface area contributed by atoms with Crippen LogP contribution in [-0.4, -0.2) is 46.6 Å². The molecule has 1 aromatic heterocycles. The lowest BCUT2D eigenvalue weighted by molar-refractivity contribution is 0.0628. The van der Waals surface area contributed by atoms with Gasteiger partial charge in [0.05, 0.1) is 12.8 Å². The Morgan fingerprint density at radius 3 is 2.74 bits per heavy atom. The lowest BCUT2D eigenvalue weighted by Gasteiger charge is -2.32. The highest BCUT2D eigenvalue weighted by atomic mass is 19.1. The first-order valence-corrected chi connectivity index (χ1v) is 9.14. The molecule has 0 bridgehead atoms. The third kappa shape index (κ3) is 3.86. The van der Waals surface area contributed by atoms with E-state index in [0.717, 1.165) is 18.5 Å². The maximum atomic E-state index is 13.9. The lowest BCUT2D eigenvalue weighted by Crippen LogP contribution is -2.43. The first-order valence-electron chi connectivity index (χ1n) is 9.14. The zero-order chi connectivity index (χ0) is 19.6. The number of nitrogens with zero attached hydrogens (tertiary/aromatic N) is 3. The van der Waals surface area contributed by atoms with E-state index in [2.05, 4.69) is 5.10 Å². The van der Waals surface area contributed by atoms with Crippen molar-refractivity contribution < 1.29 is 18.7 Å². The lowest BCUT2D eigenvalue weighted by atomic mass is 9.89. The molecule has 0 aliphatic carbocycles. The molecule has 1 atom stereocenters. The summed E-state index contributed by atoms with van der Waals surface area (Å²) in [6.07, 6.45) is 2.17. The molecule has 3 rings (SSSR count). The predicted molar refractivity (Wildman–Crippen MR) is 98.5 cm³/mol. The Bertz CT molecular complexity index is 862. The van der Waals surface area contributed by atoms with Gasteiger partial charge in [-0.15, -0.1) is 0 Å². The number of carbonyl (C=O) groups is 2. The molecule has 0 saturated carbocycles. The Morgan fingerprint density at radius 2 is 2.11 bits per heavy atom. The number of methoxy groups -OCH3 is 1. The van der Waals surface area contributed by atoms with Crippen molar-refractivity contribution in [1.29, 1.82) is 0 Å². The van der Waals surface area contributed by atoms with Gasteiger partial charge in [0.2, 0.25) is 0 Å². The third-order valence-corrected chi connectivity index (χ3v) is 5.03. The molecule has 1 aliphatic rings. The molecule has 0 radical (unpaired) electrons. The molecular formula is C20H24FN3O3. The van der Waals surface area contributed by atoms with Crippen LogP contribution in [0.5, 0.6) is 5.75 Å². The fourth-order valence-electron chi connectivity index (χ4n) is 3.49. The van der Waals surface area contributed by atoms with Crippen LogP contribution in [0.25, 0.3) is 0 Å². The van der Waals surface area contributed by atoms with E-state index in [9.17, 15) is 14.0 Å². The van der Waals surface area contributed by atoms with Gasteiger partial charge < -0.3 is 9.64 Å². The summed E-state index contributed by atoms with van der Waals surface area (Å²) in [5, 5.41) is 4.32. The van der Waals surface area contributed by atoms with Gasteiger partial charge in [-0.25, -0.2) is 4.39 Å². The number of benzene rings is 1. The zero-order valence-corrected chi connectivity index (χ0v) is 15.9. The summed E-state index contributed by atoms with van der Waals surface area (Å²) in [6, 6.07) is 6.03. The van der Waals surface area contributed by atoms with Crippen LogP contribution in [0.4, 0.5) is 4.39 Å². The highest BCUT2D eigenvalue weighted by Gasteiger charge is 2.31. The molecule has 27 heavy (non-hydrogen) atoms. The molecule has 2 aromatic rings. The quantitative estimate of drug-likeness (QED) is 0.756. The summed E-state index contributed by atoms with van der Waals surface area (Å²) in [5.74, 6) is -1.06. The van der Waals surface area contributed by atoms with Crippen LogP contribution in [-0.2, 0) is 13.5 Å². The maximum Gasteiger partial charge on any atom is 0.272 e. The second kappa shape index (κ2) is 7.90. The molecule has 6 nitrogen and oxygen atoms in total. The maximum absolute atomic E-state index is 13.9. The average molecular weight is 373 g/mol. The number of halogens is 1. The Morgan fingerprint density at radius 1 is 1.33 bits per heavy atom. The number of amides is 1. The van der Waals surface area contributed by atoms with E-state index in [-0.39, 0.29) is 23.4 Å². The smallest absolute Gasteiger partial charge is 0.272 e. The highest BCUT2D eigenvalue weighted by molar-refractivity contribution is 5.99. The summed E-state index contributed by atoms with van der Waals surface area (Å²) in [4.78, 5) is 27.4. The first kappa shape index (κ1) is 19.1. The minimum absolute atomic E-state index is 0.106. The van der Waals surface area contributed by atoms with Crippen LogP contribution in [0.15, 0.2) is 24.3 Å². The fraction of sp³-hybridized carbons (Fsp3) is 0.450. The molecule has 1 fully saturated rings.